The zero-order chi connectivity index (χ0) is 14.8. The average Bonchev–Trinajstić information content (AvgIpc) is 3.10. The maximum absolute atomic E-state index is 10.6. The van der Waals surface area contributed by atoms with Crippen LogP contribution in [0.25, 0.3) is 11.5 Å². The molecule has 2 aromatic heterocycles. The molecular weight excluding hydrogens is 274 g/mol. The van der Waals surface area contributed by atoms with Crippen molar-refractivity contribution in [1.29, 1.82) is 0 Å². The second kappa shape index (κ2) is 5.16. The first kappa shape index (κ1) is 13.0. The minimum absolute atomic E-state index is 0.0191. The molecule has 21 heavy (non-hydrogen) atoms. The molecule has 3 aromatic rings. The highest BCUT2D eigenvalue weighted by atomic mass is 16.6. The fourth-order valence-electron chi connectivity index (χ4n) is 1.88. The van der Waals surface area contributed by atoms with Crippen LogP contribution >= 0.6 is 0 Å². The Hall–Kier alpha value is -3.03. The number of aryl methyl sites for hydroxylation is 1. The van der Waals surface area contributed by atoms with Gasteiger partial charge in [-0.15, -0.1) is 0 Å². The van der Waals surface area contributed by atoms with Crippen molar-refractivity contribution in [3.8, 4) is 11.5 Å². The quantitative estimate of drug-likeness (QED) is 0.581. The summed E-state index contributed by atoms with van der Waals surface area (Å²) in [7, 11) is 0. The Labute approximate surface area is 119 Å². The smallest absolute Gasteiger partial charge is 0.269 e. The van der Waals surface area contributed by atoms with Crippen LogP contribution in [0.3, 0.4) is 0 Å². The van der Waals surface area contributed by atoms with E-state index in [0.717, 1.165) is 11.4 Å². The van der Waals surface area contributed by atoms with Crippen LogP contribution in [0.15, 0.2) is 35.1 Å². The van der Waals surface area contributed by atoms with E-state index in [2.05, 4.69) is 20.1 Å². The summed E-state index contributed by atoms with van der Waals surface area (Å²) in [5.74, 6) is 0.839. The van der Waals surface area contributed by atoms with Crippen molar-refractivity contribution < 1.29 is 9.45 Å². The van der Waals surface area contributed by atoms with E-state index >= 15 is 0 Å². The third kappa shape index (κ3) is 2.64. The van der Waals surface area contributed by atoms with Crippen molar-refractivity contribution in [3.63, 3.8) is 0 Å². The number of aromatic amines is 1. The number of rotatable bonds is 4. The van der Waals surface area contributed by atoms with Gasteiger partial charge in [0.05, 0.1) is 23.4 Å². The summed E-state index contributed by atoms with van der Waals surface area (Å²) in [6, 6.07) is 5.96. The van der Waals surface area contributed by atoms with Crippen molar-refractivity contribution in [3.05, 3.63) is 57.9 Å². The molecule has 1 aromatic carbocycles. The summed E-state index contributed by atoms with van der Waals surface area (Å²) < 4.78 is 5.17. The molecule has 0 aliphatic carbocycles. The normalized spacial score (nSPS) is 10.7. The van der Waals surface area contributed by atoms with Crippen LogP contribution in [0.2, 0.25) is 0 Å². The predicted molar refractivity (Wildman–Crippen MR) is 72.5 cm³/mol. The summed E-state index contributed by atoms with van der Waals surface area (Å²) in [6.07, 6.45) is 2.08. The van der Waals surface area contributed by atoms with Gasteiger partial charge in [0.2, 0.25) is 0 Å². The molecule has 106 valence electrons. The SMILES string of the molecule is Cc1[nH]cnc1Cc1noc(-c2ccc([N+](=O)[O-])cc2)n1. The average molecular weight is 285 g/mol. The zero-order valence-corrected chi connectivity index (χ0v) is 11.1. The summed E-state index contributed by atoms with van der Waals surface area (Å²) >= 11 is 0. The Balaban J connectivity index is 1.81. The van der Waals surface area contributed by atoms with Crippen molar-refractivity contribution in [2.24, 2.45) is 0 Å². The first-order valence-electron chi connectivity index (χ1n) is 6.20. The minimum atomic E-state index is -0.455. The number of nitrogens with one attached hydrogen (secondary N) is 1. The van der Waals surface area contributed by atoms with Gasteiger partial charge in [-0.3, -0.25) is 10.1 Å². The lowest BCUT2D eigenvalue weighted by Crippen LogP contribution is -1.93. The lowest BCUT2D eigenvalue weighted by atomic mass is 10.2. The van der Waals surface area contributed by atoms with Gasteiger partial charge in [0.25, 0.3) is 11.6 Å². The van der Waals surface area contributed by atoms with Gasteiger partial charge in [-0.05, 0) is 19.1 Å². The van der Waals surface area contributed by atoms with Crippen molar-refractivity contribution in [1.82, 2.24) is 20.1 Å². The maximum Gasteiger partial charge on any atom is 0.269 e. The number of aromatic nitrogens is 4. The first-order chi connectivity index (χ1) is 10.1. The molecule has 0 fully saturated rings. The number of nitro benzene ring substituents is 1. The third-order valence-corrected chi connectivity index (χ3v) is 3.05. The highest BCUT2D eigenvalue weighted by Gasteiger charge is 2.13. The molecule has 0 saturated carbocycles. The summed E-state index contributed by atoms with van der Waals surface area (Å²) in [4.78, 5) is 21.6. The van der Waals surface area contributed by atoms with Crippen LogP contribution in [0.1, 0.15) is 17.2 Å². The number of non-ortho nitro benzene ring substituents is 1. The molecule has 0 atom stereocenters. The van der Waals surface area contributed by atoms with E-state index in [-0.39, 0.29) is 5.69 Å². The van der Waals surface area contributed by atoms with E-state index in [0.29, 0.717) is 23.7 Å². The number of benzene rings is 1. The van der Waals surface area contributed by atoms with E-state index in [1.165, 1.54) is 12.1 Å². The van der Waals surface area contributed by atoms with Crippen LogP contribution in [-0.4, -0.2) is 25.0 Å². The number of hydrogen-bond acceptors (Lipinski definition) is 6. The van der Waals surface area contributed by atoms with E-state index < -0.39 is 4.92 Å². The Bertz CT molecular complexity index is 775. The fraction of sp³-hybridized carbons (Fsp3) is 0.154. The number of hydrogen-bond donors (Lipinski definition) is 1. The van der Waals surface area contributed by atoms with Gasteiger partial charge >= 0.3 is 0 Å². The van der Waals surface area contributed by atoms with E-state index in [1.54, 1.807) is 18.5 Å². The number of imidazole rings is 1. The van der Waals surface area contributed by atoms with E-state index in [9.17, 15) is 10.1 Å². The number of H-pyrrole nitrogens is 1. The van der Waals surface area contributed by atoms with Gasteiger partial charge in [0, 0.05) is 23.4 Å². The number of nitrogens with zero attached hydrogens (tertiary/aromatic N) is 4. The lowest BCUT2D eigenvalue weighted by Gasteiger charge is -1.94. The van der Waals surface area contributed by atoms with Crippen molar-refractivity contribution in [2.75, 3.05) is 0 Å². The molecule has 0 radical (unpaired) electrons. The largest absolute Gasteiger partial charge is 0.348 e. The highest BCUT2D eigenvalue weighted by Crippen LogP contribution is 2.21. The van der Waals surface area contributed by atoms with Gasteiger partial charge in [-0.1, -0.05) is 5.16 Å². The Kier molecular flexibility index (Phi) is 3.19. The van der Waals surface area contributed by atoms with Gasteiger partial charge in [0.1, 0.15) is 0 Å². The van der Waals surface area contributed by atoms with Crippen LogP contribution in [0.4, 0.5) is 5.69 Å². The maximum atomic E-state index is 10.6. The molecule has 1 N–H and O–H groups in total. The molecule has 0 bridgehead atoms. The van der Waals surface area contributed by atoms with Crippen LogP contribution in [0.5, 0.6) is 0 Å². The molecular formula is C13H11N5O3. The van der Waals surface area contributed by atoms with Crippen molar-refractivity contribution >= 4 is 5.69 Å². The number of nitro groups is 1. The van der Waals surface area contributed by atoms with E-state index in [1.807, 2.05) is 6.92 Å². The van der Waals surface area contributed by atoms with E-state index in [4.69, 9.17) is 4.52 Å². The standard InChI is InChI=1S/C13H11N5O3/c1-8-11(15-7-14-8)6-12-16-13(21-17-12)9-2-4-10(5-3-9)18(19)20/h2-5,7H,6H2,1H3,(H,14,15). The first-order valence-corrected chi connectivity index (χ1v) is 6.20. The molecule has 0 spiro atoms. The molecule has 0 saturated heterocycles. The Morgan fingerprint density at radius 2 is 2.10 bits per heavy atom. The van der Waals surface area contributed by atoms with Gasteiger partial charge in [0.15, 0.2) is 5.82 Å². The monoisotopic (exact) mass is 285 g/mol. The van der Waals surface area contributed by atoms with Gasteiger partial charge in [-0.25, -0.2) is 4.98 Å². The molecule has 0 unspecified atom stereocenters. The lowest BCUT2D eigenvalue weighted by molar-refractivity contribution is -0.384. The highest BCUT2D eigenvalue weighted by molar-refractivity contribution is 5.55. The second-order valence-corrected chi connectivity index (χ2v) is 4.47. The molecule has 3 rings (SSSR count). The second-order valence-electron chi connectivity index (χ2n) is 4.47. The summed E-state index contributed by atoms with van der Waals surface area (Å²) in [5, 5.41) is 14.5. The summed E-state index contributed by atoms with van der Waals surface area (Å²) in [5.41, 5.74) is 2.46. The molecule has 8 nitrogen and oxygen atoms in total. The molecule has 8 heteroatoms. The topological polar surface area (TPSA) is 111 Å². The van der Waals surface area contributed by atoms with Gasteiger partial charge < -0.3 is 9.51 Å². The van der Waals surface area contributed by atoms with Gasteiger partial charge in [-0.2, -0.15) is 4.98 Å². The summed E-state index contributed by atoms with van der Waals surface area (Å²) in [6.45, 7) is 1.92. The molecule has 0 amide bonds. The molecule has 2 heterocycles. The molecule has 0 aliphatic heterocycles. The van der Waals surface area contributed by atoms with Crippen LogP contribution in [0, 0.1) is 17.0 Å². The van der Waals surface area contributed by atoms with Crippen LogP contribution in [-0.2, 0) is 6.42 Å². The molecule has 0 aliphatic rings. The third-order valence-electron chi connectivity index (χ3n) is 3.05. The van der Waals surface area contributed by atoms with Crippen LogP contribution < -0.4 is 0 Å². The Morgan fingerprint density at radius 1 is 1.33 bits per heavy atom. The van der Waals surface area contributed by atoms with Crippen molar-refractivity contribution in [2.45, 2.75) is 13.3 Å². The fourth-order valence-corrected chi connectivity index (χ4v) is 1.88. The zero-order valence-electron chi connectivity index (χ0n) is 11.1. The predicted octanol–water partition coefficient (Wildman–Crippen LogP) is 2.27. The Morgan fingerprint density at radius 3 is 2.71 bits per heavy atom. The minimum Gasteiger partial charge on any atom is -0.348 e.